The van der Waals surface area contributed by atoms with Gasteiger partial charge in [0.1, 0.15) is 23.3 Å². The summed E-state index contributed by atoms with van der Waals surface area (Å²) in [6.07, 6.45) is 3.80. The molecular formula is C17H19ClN6O. The lowest BCUT2D eigenvalue weighted by Gasteiger charge is -2.22. The zero-order chi connectivity index (χ0) is 17.2. The first-order valence-corrected chi connectivity index (χ1v) is 8.69. The fraction of sp³-hybridized carbons (Fsp3) is 0.353. The van der Waals surface area contributed by atoms with Crippen LogP contribution in [0.25, 0.3) is 11.0 Å². The number of hydrogen-bond donors (Lipinski definition) is 2. The third-order valence-electron chi connectivity index (χ3n) is 4.37. The summed E-state index contributed by atoms with van der Waals surface area (Å²) in [6, 6.07) is 7.17. The number of nitrogens with zero attached hydrogens (tertiary/aromatic N) is 4. The van der Waals surface area contributed by atoms with Gasteiger partial charge in [0.15, 0.2) is 5.65 Å². The van der Waals surface area contributed by atoms with E-state index in [1.165, 1.54) is 19.2 Å². The second kappa shape index (κ2) is 6.85. The minimum atomic E-state index is 0.357. The molecule has 1 unspecified atom stereocenters. The summed E-state index contributed by atoms with van der Waals surface area (Å²) in [5.41, 5.74) is 6.75. The van der Waals surface area contributed by atoms with E-state index in [0.29, 0.717) is 39.4 Å². The summed E-state index contributed by atoms with van der Waals surface area (Å²) < 4.78 is 7.80. The Balaban J connectivity index is 1.70. The van der Waals surface area contributed by atoms with Crippen molar-refractivity contribution < 1.29 is 4.74 Å². The van der Waals surface area contributed by atoms with Gasteiger partial charge < -0.3 is 15.8 Å². The number of piperidine rings is 1. The minimum absolute atomic E-state index is 0.357. The number of ether oxygens (including phenoxy) is 1. The SMILES string of the molecule is Nc1ncnc2c1c(Oc1cccc(Cl)c1)nn2CC1CCCNC1. The molecule has 1 atom stereocenters. The van der Waals surface area contributed by atoms with E-state index in [0.717, 1.165) is 19.6 Å². The lowest BCUT2D eigenvalue weighted by molar-refractivity contribution is 0.324. The van der Waals surface area contributed by atoms with Crippen molar-refractivity contribution in [3.8, 4) is 11.6 Å². The number of hydrogen-bond acceptors (Lipinski definition) is 6. The van der Waals surface area contributed by atoms with E-state index in [-0.39, 0.29) is 0 Å². The summed E-state index contributed by atoms with van der Waals surface area (Å²) in [7, 11) is 0. The van der Waals surface area contributed by atoms with Crippen LogP contribution in [0.5, 0.6) is 11.6 Å². The predicted octanol–water partition coefficient (Wildman–Crippen LogP) is 2.85. The van der Waals surface area contributed by atoms with Crippen molar-refractivity contribution in [2.45, 2.75) is 19.4 Å². The van der Waals surface area contributed by atoms with Gasteiger partial charge in [-0.2, -0.15) is 0 Å². The molecule has 3 heterocycles. The summed E-state index contributed by atoms with van der Waals surface area (Å²) in [6.45, 7) is 2.82. The van der Waals surface area contributed by atoms with E-state index in [1.54, 1.807) is 12.1 Å². The molecule has 0 amide bonds. The Morgan fingerprint density at radius 1 is 1.36 bits per heavy atom. The Kier molecular flexibility index (Phi) is 4.42. The Hall–Kier alpha value is -2.38. The maximum Gasteiger partial charge on any atom is 0.251 e. The molecule has 0 radical (unpaired) electrons. The first kappa shape index (κ1) is 16.1. The van der Waals surface area contributed by atoms with Crippen LogP contribution in [0.2, 0.25) is 5.02 Å². The monoisotopic (exact) mass is 358 g/mol. The van der Waals surface area contributed by atoms with E-state index >= 15 is 0 Å². The molecule has 1 aliphatic heterocycles. The van der Waals surface area contributed by atoms with Crippen LogP contribution in [-0.4, -0.2) is 32.8 Å². The summed E-state index contributed by atoms with van der Waals surface area (Å²) in [5.74, 6) is 1.86. The molecular weight excluding hydrogens is 340 g/mol. The van der Waals surface area contributed by atoms with Crippen molar-refractivity contribution >= 4 is 28.5 Å². The molecule has 3 aromatic rings. The number of rotatable bonds is 4. The Morgan fingerprint density at radius 3 is 3.08 bits per heavy atom. The number of nitrogen functional groups attached to an aromatic ring is 1. The van der Waals surface area contributed by atoms with E-state index < -0.39 is 0 Å². The first-order chi connectivity index (χ1) is 12.2. The number of fused-ring (bicyclic) bond motifs is 1. The molecule has 0 bridgehead atoms. The zero-order valence-corrected chi connectivity index (χ0v) is 14.4. The highest BCUT2D eigenvalue weighted by Crippen LogP contribution is 2.32. The fourth-order valence-corrected chi connectivity index (χ4v) is 3.34. The van der Waals surface area contributed by atoms with Crippen molar-refractivity contribution in [1.29, 1.82) is 0 Å². The second-order valence-corrected chi connectivity index (χ2v) is 6.65. The molecule has 1 aromatic carbocycles. The molecule has 0 aliphatic carbocycles. The van der Waals surface area contributed by atoms with E-state index in [4.69, 9.17) is 22.1 Å². The van der Waals surface area contributed by atoms with Crippen molar-refractivity contribution in [3.05, 3.63) is 35.6 Å². The molecule has 4 rings (SSSR count). The fourth-order valence-electron chi connectivity index (χ4n) is 3.16. The van der Waals surface area contributed by atoms with Gasteiger partial charge in [0.25, 0.3) is 5.88 Å². The van der Waals surface area contributed by atoms with Crippen molar-refractivity contribution in [3.63, 3.8) is 0 Å². The highest BCUT2D eigenvalue weighted by Gasteiger charge is 2.21. The number of nitrogens with one attached hydrogen (secondary N) is 1. The predicted molar refractivity (Wildman–Crippen MR) is 96.9 cm³/mol. The molecule has 3 N–H and O–H groups in total. The van der Waals surface area contributed by atoms with Gasteiger partial charge in [0.2, 0.25) is 0 Å². The van der Waals surface area contributed by atoms with Crippen LogP contribution in [0.1, 0.15) is 12.8 Å². The average Bonchev–Trinajstić information content (AvgIpc) is 2.95. The van der Waals surface area contributed by atoms with Gasteiger partial charge in [-0.15, -0.1) is 5.10 Å². The van der Waals surface area contributed by atoms with Gasteiger partial charge in [0, 0.05) is 11.6 Å². The standard InChI is InChI=1S/C17H19ClN6O/c18-12-4-1-5-13(7-12)25-17-14-15(19)21-10-22-16(14)24(23-17)9-11-3-2-6-20-8-11/h1,4-5,7,10-11,20H,2-3,6,8-9H2,(H2,19,21,22). The van der Waals surface area contributed by atoms with Crippen LogP contribution in [0.4, 0.5) is 5.82 Å². The van der Waals surface area contributed by atoms with Gasteiger partial charge >= 0.3 is 0 Å². The van der Waals surface area contributed by atoms with Gasteiger partial charge in [-0.25, -0.2) is 14.6 Å². The molecule has 1 aliphatic rings. The van der Waals surface area contributed by atoms with Crippen LogP contribution in [0.3, 0.4) is 0 Å². The topological polar surface area (TPSA) is 90.9 Å². The third kappa shape index (κ3) is 3.38. The maximum atomic E-state index is 6.06. The van der Waals surface area contributed by atoms with Crippen molar-refractivity contribution in [1.82, 2.24) is 25.1 Å². The third-order valence-corrected chi connectivity index (χ3v) is 4.60. The zero-order valence-electron chi connectivity index (χ0n) is 13.7. The normalized spacial score (nSPS) is 17.7. The number of halogens is 1. The second-order valence-electron chi connectivity index (χ2n) is 6.22. The molecule has 8 heteroatoms. The quantitative estimate of drug-likeness (QED) is 0.745. The van der Waals surface area contributed by atoms with E-state index in [1.807, 2.05) is 16.8 Å². The van der Waals surface area contributed by atoms with Gasteiger partial charge in [-0.3, -0.25) is 0 Å². The van der Waals surface area contributed by atoms with Crippen LogP contribution in [0.15, 0.2) is 30.6 Å². The van der Waals surface area contributed by atoms with Crippen LogP contribution < -0.4 is 15.8 Å². The number of benzene rings is 1. The average molecular weight is 359 g/mol. The largest absolute Gasteiger partial charge is 0.437 e. The first-order valence-electron chi connectivity index (χ1n) is 8.32. The van der Waals surface area contributed by atoms with Crippen molar-refractivity contribution in [2.24, 2.45) is 5.92 Å². The smallest absolute Gasteiger partial charge is 0.251 e. The van der Waals surface area contributed by atoms with E-state index in [2.05, 4.69) is 20.4 Å². The Labute approximate surface area is 150 Å². The number of aromatic nitrogens is 4. The summed E-state index contributed by atoms with van der Waals surface area (Å²) >= 11 is 6.03. The number of anilines is 1. The molecule has 0 saturated carbocycles. The molecule has 1 saturated heterocycles. The number of nitrogens with two attached hydrogens (primary N) is 1. The van der Waals surface area contributed by atoms with Crippen LogP contribution in [0, 0.1) is 5.92 Å². The lowest BCUT2D eigenvalue weighted by atomic mass is 10.00. The highest BCUT2D eigenvalue weighted by molar-refractivity contribution is 6.30. The van der Waals surface area contributed by atoms with Gasteiger partial charge in [-0.1, -0.05) is 17.7 Å². The van der Waals surface area contributed by atoms with Gasteiger partial charge in [0.05, 0.1) is 0 Å². The van der Waals surface area contributed by atoms with Crippen LogP contribution in [-0.2, 0) is 6.54 Å². The Bertz CT molecular complexity index is 890. The molecule has 2 aromatic heterocycles. The lowest BCUT2D eigenvalue weighted by Crippen LogP contribution is -2.32. The Morgan fingerprint density at radius 2 is 2.28 bits per heavy atom. The molecule has 0 spiro atoms. The summed E-state index contributed by atoms with van der Waals surface area (Å²) in [5, 5.41) is 9.26. The van der Waals surface area contributed by atoms with Crippen molar-refractivity contribution in [2.75, 3.05) is 18.8 Å². The molecule has 7 nitrogen and oxygen atoms in total. The van der Waals surface area contributed by atoms with E-state index in [9.17, 15) is 0 Å². The summed E-state index contributed by atoms with van der Waals surface area (Å²) in [4.78, 5) is 8.45. The minimum Gasteiger partial charge on any atom is -0.437 e. The maximum absolute atomic E-state index is 6.06. The molecule has 1 fully saturated rings. The molecule has 130 valence electrons. The van der Waals surface area contributed by atoms with Gasteiger partial charge in [-0.05, 0) is 50.0 Å². The molecule has 25 heavy (non-hydrogen) atoms. The van der Waals surface area contributed by atoms with Crippen LogP contribution >= 0.6 is 11.6 Å². The highest BCUT2D eigenvalue weighted by atomic mass is 35.5.